The van der Waals surface area contributed by atoms with Crippen LogP contribution in [0.4, 0.5) is 0 Å². The van der Waals surface area contributed by atoms with Crippen LogP contribution < -0.4 is 5.32 Å². The van der Waals surface area contributed by atoms with E-state index in [4.69, 9.17) is 11.6 Å². The molecule has 1 heterocycles. The van der Waals surface area contributed by atoms with Gasteiger partial charge in [0.2, 0.25) is 0 Å². The van der Waals surface area contributed by atoms with E-state index in [1.165, 1.54) is 10.4 Å². The Hall–Kier alpha value is -0.350. The van der Waals surface area contributed by atoms with E-state index in [1.54, 1.807) is 11.3 Å². The molecule has 1 unspecified atom stereocenters. The predicted molar refractivity (Wildman–Crippen MR) is 74.4 cm³/mol. The SMILES string of the molecule is CNC(c1cccc(Cl)c1)c1cc(Br)cs1. The van der Waals surface area contributed by atoms with E-state index in [9.17, 15) is 0 Å². The summed E-state index contributed by atoms with van der Waals surface area (Å²) in [6.45, 7) is 0. The van der Waals surface area contributed by atoms with Crippen LogP contribution in [-0.4, -0.2) is 7.05 Å². The maximum Gasteiger partial charge on any atom is 0.0669 e. The lowest BCUT2D eigenvalue weighted by atomic mass is 10.1. The van der Waals surface area contributed by atoms with Gasteiger partial charge in [0.1, 0.15) is 0 Å². The van der Waals surface area contributed by atoms with Crippen molar-refractivity contribution in [2.45, 2.75) is 6.04 Å². The molecule has 16 heavy (non-hydrogen) atoms. The van der Waals surface area contributed by atoms with Crippen molar-refractivity contribution in [3.63, 3.8) is 0 Å². The third-order valence-corrected chi connectivity index (χ3v) is 4.34. The molecule has 0 aliphatic heterocycles. The molecule has 1 aromatic heterocycles. The summed E-state index contributed by atoms with van der Waals surface area (Å²) in [5.41, 5.74) is 1.18. The summed E-state index contributed by atoms with van der Waals surface area (Å²) in [6, 6.07) is 10.3. The normalized spacial score (nSPS) is 12.7. The van der Waals surface area contributed by atoms with E-state index in [2.05, 4.69) is 38.8 Å². The molecule has 0 spiro atoms. The van der Waals surface area contributed by atoms with Gasteiger partial charge in [0.05, 0.1) is 6.04 Å². The number of halogens is 2. The molecule has 1 atom stereocenters. The molecule has 1 N–H and O–H groups in total. The Kier molecular flexibility index (Phi) is 4.03. The van der Waals surface area contributed by atoms with Crippen molar-refractivity contribution in [3.05, 3.63) is 55.6 Å². The van der Waals surface area contributed by atoms with E-state index in [1.807, 2.05) is 25.2 Å². The molecular weight excluding hydrogens is 306 g/mol. The Morgan fingerprint density at radius 1 is 1.38 bits per heavy atom. The van der Waals surface area contributed by atoms with Crippen LogP contribution in [0.15, 0.2) is 40.2 Å². The Labute approximate surface area is 113 Å². The topological polar surface area (TPSA) is 12.0 Å². The minimum Gasteiger partial charge on any atom is -0.309 e. The largest absolute Gasteiger partial charge is 0.309 e. The molecule has 0 aliphatic carbocycles. The molecule has 2 rings (SSSR count). The zero-order chi connectivity index (χ0) is 11.5. The summed E-state index contributed by atoms with van der Waals surface area (Å²) < 4.78 is 1.12. The second-order valence-electron chi connectivity index (χ2n) is 3.44. The van der Waals surface area contributed by atoms with Crippen LogP contribution in [0.3, 0.4) is 0 Å². The molecule has 1 nitrogen and oxygen atoms in total. The summed E-state index contributed by atoms with van der Waals surface area (Å²) in [5.74, 6) is 0. The lowest BCUT2D eigenvalue weighted by Crippen LogP contribution is -2.16. The van der Waals surface area contributed by atoms with Crippen molar-refractivity contribution in [3.8, 4) is 0 Å². The van der Waals surface area contributed by atoms with Gasteiger partial charge in [0.25, 0.3) is 0 Å². The molecule has 0 saturated heterocycles. The average Bonchev–Trinajstić information content (AvgIpc) is 2.66. The molecule has 84 valence electrons. The van der Waals surface area contributed by atoms with Crippen LogP contribution >= 0.6 is 38.9 Å². The third-order valence-electron chi connectivity index (χ3n) is 2.34. The van der Waals surface area contributed by atoms with E-state index in [0.29, 0.717) is 0 Å². The standard InChI is InChI=1S/C12H11BrClNS/c1-15-12(11-6-9(13)7-16-11)8-3-2-4-10(14)5-8/h2-7,12,15H,1H3. The highest BCUT2D eigenvalue weighted by Crippen LogP contribution is 2.30. The van der Waals surface area contributed by atoms with Crippen LogP contribution in [0.5, 0.6) is 0 Å². The molecule has 0 saturated carbocycles. The monoisotopic (exact) mass is 315 g/mol. The fourth-order valence-corrected chi connectivity index (χ4v) is 3.42. The Morgan fingerprint density at radius 3 is 2.75 bits per heavy atom. The van der Waals surface area contributed by atoms with Crippen LogP contribution in [0.2, 0.25) is 5.02 Å². The second-order valence-corrected chi connectivity index (χ2v) is 5.74. The van der Waals surface area contributed by atoms with Gasteiger partial charge in [-0.1, -0.05) is 23.7 Å². The summed E-state index contributed by atoms with van der Waals surface area (Å²) in [5, 5.41) is 6.17. The third kappa shape index (κ3) is 2.66. The van der Waals surface area contributed by atoms with Gasteiger partial charge in [-0.3, -0.25) is 0 Å². The van der Waals surface area contributed by atoms with Gasteiger partial charge in [-0.15, -0.1) is 11.3 Å². The Morgan fingerprint density at radius 2 is 2.19 bits per heavy atom. The lowest BCUT2D eigenvalue weighted by molar-refractivity contribution is 0.704. The van der Waals surface area contributed by atoms with Gasteiger partial charge < -0.3 is 5.32 Å². The quantitative estimate of drug-likeness (QED) is 0.881. The highest BCUT2D eigenvalue weighted by Gasteiger charge is 2.13. The highest BCUT2D eigenvalue weighted by atomic mass is 79.9. The van der Waals surface area contributed by atoms with E-state index in [-0.39, 0.29) is 6.04 Å². The molecule has 4 heteroatoms. The minimum atomic E-state index is 0.204. The number of hydrogen-bond donors (Lipinski definition) is 1. The van der Waals surface area contributed by atoms with Gasteiger partial charge in [-0.25, -0.2) is 0 Å². The molecule has 0 radical (unpaired) electrons. The number of rotatable bonds is 3. The first kappa shape index (κ1) is 12.1. The zero-order valence-electron chi connectivity index (χ0n) is 8.71. The van der Waals surface area contributed by atoms with E-state index in [0.717, 1.165) is 9.50 Å². The Balaban J connectivity index is 2.36. The number of hydrogen-bond acceptors (Lipinski definition) is 2. The van der Waals surface area contributed by atoms with Gasteiger partial charge >= 0.3 is 0 Å². The summed E-state index contributed by atoms with van der Waals surface area (Å²) in [7, 11) is 1.96. The number of nitrogens with one attached hydrogen (secondary N) is 1. The highest BCUT2D eigenvalue weighted by molar-refractivity contribution is 9.10. The number of benzene rings is 1. The average molecular weight is 317 g/mol. The van der Waals surface area contributed by atoms with Crippen molar-refractivity contribution < 1.29 is 0 Å². The Bertz CT molecular complexity index is 483. The van der Waals surface area contributed by atoms with E-state index < -0.39 is 0 Å². The maximum atomic E-state index is 6.00. The first-order chi connectivity index (χ1) is 7.70. The van der Waals surface area contributed by atoms with Crippen LogP contribution in [-0.2, 0) is 0 Å². The zero-order valence-corrected chi connectivity index (χ0v) is 11.9. The minimum absolute atomic E-state index is 0.204. The van der Waals surface area contributed by atoms with Crippen molar-refractivity contribution in [2.24, 2.45) is 0 Å². The van der Waals surface area contributed by atoms with Crippen LogP contribution in [0.25, 0.3) is 0 Å². The first-order valence-electron chi connectivity index (χ1n) is 4.87. The molecule has 2 aromatic rings. The van der Waals surface area contributed by atoms with Crippen molar-refractivity contribution in [1.29, 1.82) is 0 Å². The van der Waals surface area contributed by atoms with Gasteiger partial charge in [-0.2, -0.15) is 0 Å². The maximum absolute atomic E-state index is 6.00. The number of thiophene rings is 1. The smallest absolute Gasteiger partial charge is 0.0669 e. The van der Waals surface area contributed by atoms with Crippen LogP contribution in [0.1, 0.15) is 16.5 Å². The fourth-order valence-electron chi connectivity index (χ4n) is 1.64. The second kappa shape index (κ2) is 5.32. The lowest BCUT2D eigenvalue weighted by Gasteiger charge is -2.15. The molecule has 1 aromatic carbocycles. The first-order valence-corrected chi connectivity index (χ1v) is 6.92. The molecule has 0 aliphatic rings. The van der Waals surface area contributed by atoms with Crippen molar-refractivity contribution in [1.82, 2.24) is 5.32 Å². The molecule has 0 amide bonds. The summed E-state index contributed by atoms with van der Waals surface area (Å²) in [4.78, 5) is 1.27. The summed E-state index contributed by atoms with van der Waals surface area (Å²) in [6.07, 6.45) is 0. The van der Waals surface area contributed by atoms with Gasteiger partial charge in [0, 0.05) is 19.8 Å². The van der Waals surface area contributed by atoms with Crippen molar-refractivity contribution in [2.75, 3.05) is 7.05 Å². The molecule has 0 fully saturated rings. The van der Waals surface area contributed by atoms with E-state index >= 15 is 0 Å². The molecule has 0 bridgehead atoms. The van der Waals surface area contributed by atoms with Crippen molar-refractivity contribution >= 4 is 38.9 Å². The van der Waals surface area contributed by atoms with Gasteiger partial charge in [0.15, 0.2) is 0 Å². The van der Waals surface area contributed by atoms with Crippen LogP contribution in [0, 0.1) is 0 Å². The fraction of sp³-hybridized carbons (Fsp3) is 0.167. The summed E-state index contributed by atoms with van der Waals surface area (Å²) >= 11 is 11.2. The van der Waals surface area contributed by atoms with Gasteiger partial charge in [-0.05, 0) is 46.7 Å². The molecular formula is C12H11BrClNS. The predicted octanol–water partition coefficient (Wildman–Crippen LogP) is 4.47.